The number of fused-ring (bicyclic) bond motifs is 2. The van der Waals surface area contributed by atoms with E-state index in [0.29, 0.717) is 4.88 Å². The molecule has 7 nitrogen and oxygen atoms in total. The molecule has 16 heteroatoms. The van der Waals surface area contributed by atoms with E-state index in [1.54, 1.807) is 0 Å². The van der Waals surface area contributed by atoms with E-state index in [-0.39, 0.29) is 55.1 Å². The third kappa shape index (κ3) is 6.94. The molecule has 0 spiro atoms. The number of ketones is 1. The van der Waals surface area contributed by atoms with Crippen LogP contribution >= 0.6 is 35.3 Å². The van der Waals surface area contributed by atoms with Gasteiger partial charge in [-0.2, -0.15) is 12.6 Å². The van der Waals surface area contributed by atoms with Crippen LogP contribution < -0.4 is 0 Å². The molecule has 2 aromatic heterocycles. The molecule has 0 aliphatic heterocycles. The summed E-state index contributed by atoms with van der Waals surface area (Å²) in [6.45, 7) is 1.35. The summed E-state index contributed by atoms with van der Waals surface area (Å²) in [5, 5.41) is 0.0933. The number of rotatable bonds is 5. The van der Waals surface area contributed by atoms with E-state index in [1.165, 1.54) is 33.3 Å². The highest BCUT2D eigenvalue weighted by Crippen LogP contribution is 2.40. The molecule has 0 saturated carbocycles. The monoisotopic (exact) mass is 638 g/mol. The van der Waals surface area contributed by atoms with Crippen LogP contribution in [0, 0.1) is 34.9 Å². The topological polar surface area (TPSA) is 104 Å². The molecule has 0 N–H and O–H groups in total. The van der Waals surface area contributed by atoms with E-state index in [2.05, 4.69) is 22.1 Å². The van der Waals surface area contributed by atoms with Crippen LogP contribution in [0.25, 0.3) is 20.2 Å². The Morgan fingerprint density at radius 1 is 0.732 bits per heavy atom. The average molecular weight is 639 g/mol. The molecule has 0 fully saturated rings. The molecule has 0 aliphatic rings. The molecule has 0 bridgehead atoms. The minimum Gasteiger partial charge on any atom is -0.468 e. The predicted octanol–water partition coefficient (Wildman–Crippen LogP) is 6.34. The number of carbonyl (C=O) groups excluding carboxylic acids is 5. The zero-order valence-corrected chi connectivity index (χ0v) is 23.4. The second-order valence-corrected chi connectivity index (χ2v) is 9.86. The molecule has 4 rings (SSSR count). The predicted molar refractivity (Wildman–Crippen MR) is 141 cm³/mol. The van der Waals surface area contributed by atoms with Gasteiger partial charge in [-0.25, -0.2) is 31.1 Å². The van der Waals surface area contributed by atoms with Crippen molar-refractivity contribution >= 4 is 85.8 Å². The summed E-state index contributed by atoms with van der Waals surface area (Å²) in [6.07, 6.45) is -0.739. The van der Waals surface area contributed by atoms with Crippen LogP contribution in [0.3, 0.4) is 0 Å². The van der Waals surface area contributed by atoms with Crippen molar-refractivity contribution in [2.45, 2.75) is 6.92 Å². The van der Waals surface area contributed by atoms with Crippen molar-refractivity contribution in [3.8, 4) is 0 Å². The SMILES string of the molecule is COC(=O)CS.COC(=O)c1cc2c(F)c3sc(C(C)=O)cc3c(F)c2s1.O=Cc1c(F)c(F)c(C=O)c(F)c1F. The number of thiol groups is 1. The normalized spacial score (nSPS) is 10.3. The molecule has 2 aromatic carbocycles. The van der Waals surface area contributed by atoms with Crippen molar-refractivity contribution in [3.05, 3.63) is 67.9 Å². The lowest BCUT2D eigenvalue weighted by Crippen LogP contribution is -2.07. The number of esters is 2. The van der Waals surface area contributed by atoms with Gasteiger partial charge in [-0.15, -0.1) is 22.7 Å². The Hall–Kier alpha value is -3.76. The van der Waals surface area contributed by atoms with Gasteiger partial charge < -0.3 is 9.47 Å². The third-order valence-corrected chi connectivity index (χ3v) is 7.59. The van der Waals surface area contributed by atoms with Crippen LogP contribution in [0.5, 0.6) is 0 Å². The third-order valence-electron chi connectivity index (χ3n) is 4.99. The first-order chi connectivity index (χ1) is 19.3. The Morgan fingerprint density at radius 2 is 1.12 bits per heavy atom. The Bertz CT molecular complexity index is 1550. The maximum absolute atomic E-state index is 14.5. The van der Waals surface area contributed by atoms with Gasteiger partial charge in [0.2, 0.25) is 0 Å². The van der Waals surface area contributed by atoms with Crippen molar-refractivity contribution in [2.24, 2.45) is 0 Å². The zero-order valence-electron chi connectivity index (χ0n) is 20.9. The van der Waals surface area contributed by atoms with E-state index in [0.717, 1.165) is 22.7 Å². The van der Waals surface area contributed by atoms with Gasteiger partial charge in [-0.1, -0.05) is 0 Å². The summed E-state index contributed by atoms with van der Waals surface area (Å²) in [6, 6.07) is 2.62. The van der Waals surface area contributed by atoms with Crippen molar-refractivity contribution in [1.82, 2.24) is 0 Å². The Balaban J connectivity index is 0.000000254. The number of halogens is 6. The van der Waals surface area contributed by atoms with E-state index in [4.69, 9.17) is 0 Å². The largest absolute Gasteiger partial charge is 0.468 e. The maximum Gasteiger partial charge on any atom is 0.348 e. The number of aldehydes is 2. The van der Waals surface area contributed by atoms with E-state index in [1.807, 2.05) is 0 Å². The fourth-order valence-corrected chi connectivity index (χ4v) is 5.14. The van der Waals surface area contributed by atoms with Gasteiger partial charge in [0.25, 0.3) is 0 Å². The second-order valence-electron chi connectivity index (χ2n) is 7.44. The lowest BCUT2D eigenvalue weighted by atomic mass is 10.1. The van der Waals surface area contributed by atoms with Crippen molar-refractivity contribution in [3.63, 3.8) is 0 Å². The van der Waals surface area contributed by atoms with Crippen molar-refractivity contribution in [1.29, 1.82) is 0 Å². The van der Waals surface area contributed by atoms with Crippen LogP contribution in [0.1, 0.15) is 47.0 Å². The number of carbonyl (C=O) groups is 5. The number of benzene rings is 2. The molecule has 0 amide bonds. The summed E-state index contributed by atoms with van der Waals surface area (Å²) in [5.74, 6) is -9.74. The summed E-state index contributed by atoms with van der Waals surface area (Å²) in [4.78, 5) is 53.3. The highest BCUT2D eigenvalue weighted by Gasteiger charge is 2.25. The Morgan fingerprint density at radius 3 is 1.41 bits per heavy atom. The number of ether oxygens (including phenoxy) is 2. The number of thiophene rings is 2. The molecule has 218 valence electrons. The molecule has 0 saturated heterocycles. The highest BCUT2D eigenvalue weighted by atomic mass is 32.1. The first kappa shape index (κ1) is 33.4. The first-order valence-electron chi connectivity index (χ1n) is 10.7. The van der Waals surface area contributed by atoms with E-state index in [9.17, 15) is 50.3 Å². The minimum absolute atomic E-state index is 0.0300. The summed E-state index contributed by atoms with van der Waals surface area (Å²) in [5.41, 5.74) is -2.74. The molecule has 4 aromatic rings. The van der Waals surface area contributed by atoms with Gasteiger partial charge in [0, 0.05) is 10.8 Å². The number of Topliss-reactive ketones (excluding diaryl/α,β-unsaturated/α-hetero) is 1. The number of methoxy groups -OCH3 is 2. The Kier molecular flexibility index (Phi) is 11.6. The smallest absolute Gasteiger partial charge is 0.348 e. The first-order valence-corrected chi connectivity index (χ1v) is 12.9. The molecular weight excluding hydrogens is 622 g/mol. The van der Waals surface area contributed by atoms with Crippen molar-refractivity contribution < 1.29 is 59.8 Å². The van der Waals surface area contributed by atoms with Gasteiger partial charge >= 0.3 is 11.9 Å². The molecule has 0 aliphatic carbocycles. The van der Waals surface area contributed by atoms with Gasteiger partial charge in [-0.3, -0.25) is 19.2 Å². The van der Waals surface area contributed by atoms with Crippen LogP contribution in [-0.2, 0) is 14.3 Å². The lowest BCUT2D eigenvalue weighted by Gasteiger charge is -2.03. The summed E-state index contributed by atoms with van der Waals surface area (Å²) >= 11 is 5.36. The number of hydrogen-bond donors (Lipinski definition) is 1. The molecule has 0 atom stereocenters. The molecular formula is C25H16F6O7S3. The summed E-state index contributed by atoms with van der Waals surface area (Å²) < 4.78 is 88.7. The highest BCUT2D eigenvalue weighted by molar-refractivity contribution is 7.81. The van der Waals surface area contributed by atoms with E-state index >= 15 is 0 Å². The van der Waals surface area contributed by atoms with Crippen LogP contribution in [0.4, 0.5) is 26.3 Å². The molecule has 0 unspecified atom stereocenters. The minimum atomic E-state index is -1.87. The molecule has 2 heterocycles. The quantitative estimate of drug-likeness (QED) is 0.0680. The Labute approximate surface area is 240 Å². The van der Waals surface area contributed by atoms with Crippen molar-refractivity contribution in [2.75, 3.05) is 20.0 Å². The molecule has 0 radical (unpaired) electrons. The van der Waals surface area contributed by atoms with E-state index < -0.39 is 52.0 Å². The molecule has 41 heavy (non-hydrogen) atoms. The number of hydrogen-bond acceptors (Lipinski definition) is 10. The lowest BCUT2D eigenvalue weighted by molar-refractivity contribution is -0.137. The zero-order chi connectivity index (χ0) is 31.2. The van der Waals surface area contributed by atoms with Gasteiger partial charge in [0.05, 0.1) is 45.4 Å². The summed E-state index contributed by atoms with van der Waals surface area (Å²) in [7, 11) is 2.54. The van der Waals surface area contributed by atoms with Gasteiger partial charge in [0.1, 0.15) is 16.5 Å². The van der Waals surface area contributed by atoms with Crippen LogP contribution in [0.2, 0.25) is 0 Å². The fourth-order valence-electron chi connectivity index (χ4n) is 2.99. The van der Waals surface area contributed by atoms with Gasteiger partial charge in [-0.05, 0) is 19.1 Å². The average Bonchev–Trinajstić information content (AvgIpc) is 3.62. The second kappa shape index (κ2) is 14.2. The maximum atomic E-state index is 14.5. The van der Waals surface area contributed by atoms with Crippen LogP contribution in [-0.4, -0.2) is 50.3 Å². The van der Waals surface area contributed by atoms with Gasteiger partial charge in [0.15, 0.2) is 41.6 Å². The fraction of sp³-hybridized carbons (Fsp3) is 0.160. The standard InChI is InChI=1S/C14H8F2O3S2.C8H2F4O2.C3H6O2S/c1-5(17)8-3-6-10(15)13-7(11(16)12(6)20-8)4-9(21-13)14(18)19-2;9-5-3(1-13)6(10)8(12)4(2-14)7(5)11;1-5-3(4)2-6/h3-4H,1-2H3;1-2H;6H,2H2,1H3. The van der Waals surface area contributed by atoms with Crippen LogP contribution in [0.15, 0.2) is 12.1 Å².